The molecule has 5 heteroatoms. The minimum absolute atomic E-state index is 0.254. The fourth-order valence-corrected chi connectivity index (χ4v) is 1.25. The standard InChI is InChI=1S/C9H16N4O/c1-3-8(9(10)14)11-4-7-5-12-13(2)6-7/h5-6,8,11H,3-4H2,1-2H3,(H2,10,14). The maximum Gasteiger partial charge on any atom is 0.234 e. The number of rotatable bonds is 5. The molecule has 0 aliphatic heterocycles. The molecule has 0 fully saturated rings. The van der Waals surface area contributed by atoms with Crippen LogP contribution in [0.1, 0.15) is 18.9 Å². The summed E-state index contributed by atoms with van der Waals surface area (Å²) >= 11 is 0. The van der Waals surface area contributed by atoms with Crippen molar-refractivity contribution in [2.24, 2.45) is 12.8 Å². The van der Waals surface area contributed by atoms with Crippen molar-refractivity contribution < 1.29 is 4.79 Å². The summed E-state index contributed by atoms with van der Waals surface area (Å²) in [6.45, 7) is 2.54. The van der Waals surface area contributed by atoms with Crippen LogP contribution < -0.4 is 11.1 Å². The summed E-state index contributed by atoms with van der Waals surface area (Å²) in [6, 6.07) is -0.254. The van der Waals surface area contributed by atoms with Gasteiger partial charge in [0.1, 0.15) is 0 Å². The number of aromatic nitrogens is 2. The number of amides is 1. The first-order valence-electron chi connectivity index (χ1n) is 4.63. The van der Waals surface area contributed by atoms with Crippen molar-refractivity contribution in [2.45, 2.75) is 25.9 Å². The zero-order valence-electron chi connectivity index (χ0n) is 8.53. The number of nitrogens with zero attached hydrogens (tertiary/aromatic N) is 2. The van der Waals surface area contributed by atoms with E-state index in [1.165, 1.54) is 0 Å². The first-order chi connectivity index (χ1) is 6.63. The number of hydrogen-bond donors (Lipinski definition) is 2. The summed E-state index contributed by atoms with van der Waals surface area (Å²) in [7, 11) is 1.86. The third kappa shape index (κ3) is 2.85. The minimum Gasteiger partial charge on any atom is -0.368 e. The van der Waals surface area contributed by atoms with E-state index in [1.54, 1.807) is 10.9 Å². The number of primary amides is 1. The fourth-order valence-electron chi connectivity index (χ4n) is 1.25. The molecule has 1 aromatic heterocycles. The SMILES string of the molecule is CCC(NCc1cnn(C)c1)C(N)=O. The molecular formula is C9H16N4O. The lowest BCUT2D eigenvalue weighted by molar-refractivity contribution is -0.120. The molecule has 1 unspecified atom stereocenters. The average Bonchev–Trinajstić information content (AvgIpc) is 2.52. The molecule has 0 radical (unpaired) electrons. The van der Waals surface area contributed by atoms with E-state index < -0.39 is 0 Å². The topological polar surface area (TPSA) is 72.9 Å². The van der Waals surface area contributed by atoms with E-state index in [0.29, 0.717) is 13.0 Å². The van der Waals surface area contributed by atoms with Crippen LogP contribution in [-0.2, 0) is 18.4 Å². The van der Waals surface area contributed by atoms with E-state index in [9.17, 15) is 4.79 Å². The Kier molecular flexibility index (Phi) is 3.64. The van der Waals surface area contributed by atoms with Gasteiger partial charge in [-0.2, -0.15) is 5.10 Å². The number of nitrogens with one attached hydrogen (secondary N) is 1. The molecule has 14 heavy (non-hydrogen) atoms. The fraction of sp³-hybridized carbons (Fsp3) is 0.556. The van der Waals surface area contributed by atoms with E-state index in [1.807, 2.05) is 20.2 Å². The Morgan fingerprint density at radius 2 is 2.50 bits per heavy atom. The Morgan fingerprint density at radius 3 is 2.93 bits per heavy atom. The molecule has 1 amide bonds. The summed E-state index contributed by atoms with van der Waals surface area (Å²) in [5, 5.41) is 7.10. The van der Waals surface area contributed by atoms with Gasteiger partial charge in [-0.1, -0.05) is 6.92 Å². The maximum absolute atomic E-state index is 10.9. The van der Waals surface area contributed by atoms with Gasteiger partial charge >= 0.3 is 0 Å². The lowest BCUT2D eigenvalue weighted by atomic mass is 10.2. The Labute approximate surface area is 83.3 Å². The van der Waals surface area contributed by atoms with Crippen LogP contribution in [0.15, 0.2) is 12.4 Å². The van der Waals surface area contributed by atoms with Gasteiger partial charge in [-0.3, -0.25) is 9.48 Å². The molecule has 78 valence electrons. The molecule has 5 nitrogen and oxygen atoms in total. The summed E-state index contributed by atoms with van der Waals surface area (Å²) < 4.78 is 1.72. The molecule has 1 rings (SSSR count). The first kappa shape index (κ1) is 10.7. The van der Waals surface area contributed by atoms with Crippen molar-refractivity contribution in [3.05, 3.63) is 18.0 Å². The maximum atomic E-state index is 10.9. The second-order valence-corrected chi connectivity index (χ2v) is 3.27. The van der Waals surface area contributed by atoms with Crippen LogP contribution in [0.2, 0.25) is 0 Å². The average molecular weight is 196 g/mol. The van der Waals surface area contributed by atoms with Gasteiger partial charge in [0.2, 0.25) is 5.91 Å². The molecule has 1 aromatic rings. The predicted molar refractivity (Wildman–Crippen MR) is 53.3 cm³/mol. The molecule has 0 aliphatic rings. The highest BCUT2D eigenvalue weighted by atomic mass is 16.1. The van der Waals surface area contributed by atoms with Crippen LogP contribution in [-0.4, -0.2) is 21.7 Å². The smallest absolute Gasteiger partial charge is 0.234 e. The lowest BCUT2D eigenvalue weighted by Crippen LogP contribution is -2.40. The van der Waals surface area contributed by atoms with Crippen molar-refractivity contribution in [3.63, 3.8) is 0 Å². The zero-order valence-corrected chi connectivity index (χ0v) is 8.53. The summed E-state index contributed by atoms with van der Waals surface area (Å²) in [5.74, 6) is -0.309. The van der Waals surface area contributed by atoms with E-state index in [2.05, 4.69) is 10.4 Å². The second kappa shape index (κ2) is 4.76. The van der Waals surface area contributed by atoms with Crippen LogP contribution in [0.5, 0.6) is 0 Å². The highest BCUT2D eigenvalue weighted by Gasteiger charge is 2.11. The number of aryl methyl sites for hydroxylation is 1. The van der Waals surface area contributed by atoms with Gasteiger partial charge in [-0.25, -0.2) is 0 Å². The van der Waals surface area contributed by atoms with Gasteiger partial charge < -0.3 is 11.1 Å². The molecule has 0 saturated heterocycles. The molecule has 0 bridgehead atoms. The van der Waals surface area contributed by atoms with E-state index in [4.69, 9.17) is 5.73 Å². The van der Waals surface area contributed by atoms with Crippen molar-refractivity contribution in [2.75, 3.05) is 0 Å². The van der Waals surface area contributed by atoms with E-state index in [0.717, 1.165) is 5.56 Å². The Hall–Kier alpha value is -1.36. The highest BCUT2D eigenvalue weighted by Crippen LogP contribution is 1.97. The number of carbonyl (C=O) groups is 1. The third-order valence-electron chi connectivity index (χ3n) is 2.06. The molecule has 0 aliphatic carbocycles. The quantitative estimate of drug-likeness (QED) is 0.683. The molecule has 0 saturated carbocycles. The molecule has 0 aromatic carbocycles. The normalized spacial score (nSPS) is 12.7. The summed E-state index contributed by atoms with van der Waals surface area (Å²) in [5.41, 5.74) is 6.24. The van der Waals surface area contributed by atoms with Crippen molar-refractivity contribution in [1.82, 2.24) is 15.1 Å². The monoisotopic (exact) mass is 196 g/mol. The van der Waals surface area contributed by atoms with Gasteiger partial charge in [0.05, 0.1) is 12.2 Å². The van der Waals surface area contributed by atoms with Gasteiger partial charge in [0.15, 0.2) is 0 Å². The molecule has 3 N–H and O–H groups in total. The Bertz CT molecular complexity index is 308. The molecular weight excluding hydrogens is 180 g/mol. The number of hydrogen-bond acceptors (Lipinski definition) is 3. The van der Waals surface area contributed by atoms with Crippen molar-refractivity contribution >= 4 is 5.91 Å². The molecule has 1 atom stereocenters. The highest BCUT2D eigenvalue weighted by molar-refractivity contribution is 5.79. The summed E-state index contributed by atoms with van der Waals surface area (Å²) in [6.07, 6.45) is 4.37. The van der Waals surface area contributed by atoms with Crippen LogP contribution in [0.3, 0.4) is 0 Å². The zero-order chi connectivity index (χ0) is 10.6. The van der Waals surface area contributed by atoms with Gasteiger partial charge in [-0.15, -0.1) is 0 Å². The number of nitrogens with two attached hydrogens (primary N) is 1. The predicted octanol–water partition coefficient (Wildman–Crippen LogP) is -0.226. The molecule has 0 spiro atoms. The molecule has 1 heterocycles. The number of carbonyl (C=O) groups excluding carboxylic acids is 1. The van der Waals surface area contributed by atoms with Gasteiger partial charge in [-0.05, 0) is 6.42 Å². The minimum atomic E-state index is -0.309. The van der Waals surface area contributed by atoms with Gasteiger partial charge in [0, 0.05) is 25.4 Å². The van der Waals surface area contributed by atoms with Crippen LogP contribution >= 0.6 is 0 Å². The van der Waals surface area contributed by atoms with Crippen molar-refractivity contribution in [1.29, 1.82) is 0 Å². The van der Waals surface area contributed by atoms with Crippen LogP contribution in [0.25, 0.3) is 0 Å². The largest absolute Gasteiger partial charge is 0.368 e. The van der Waals surface area contributed by atoms with Crippen LogP contribution in [0.4, 0.5) is 0 Å². The van der Waals surface area contributed by atoms with Crippen molar-refractivity contribution in [3.8, 4) is 0 Å². The Balaban J connectivity index is 2.43. The van der Waals surface area contributed by atoms with E-state index >= 15 is 0 Å². The van der Waals surface area contributed by atoms with E-state index in [-0.39, 0.29) is 11.9 Å². The first-order valence-corrected chi connectivity index (χ1v) is 4.63. The van der Waals surface area contributed by atoms with Gasteiger partial charge in [0.25, 0.3) is 0 Å². The van der Waals surface area contributed by atoms with Crippen LogP contribution in [0, 0.1) is 0 Å². The second-order valence-electron chi connectivity index (χ2n) is 3.27. The summed E-state index contributed by atoms with van der Waals surface area (Å²) in [4.78, 5) is 10.9. The Morgan fingerprint density at radius 1 is 1.79 bits per heavy atom. The lowest BCUT2D eigenvalue weighted by Gasteiger charge is -2.11. The third-order valence-corrected chi connectivity index (χ3v) is 2.06.